The van der Waals surface area contributed by atoms with Gasteiger partial charge in [-0.3, -0.25) is 0 Å². The molecule has 0 saturated carbocycles. The molecule has 0 bridgehead atoms. The second kappa shape index (κ2) is 3.75. The Morgan fingerprint density at radius 2 is 1.38 bits per heavy atom. The Morgan fingerprint density at radius 1 is 1.00 bits per heavy atom. The predicted octanol–water partition coefficient (Wildman–Crippen LogP) is 2.60. The lowest BCUT2D eigenvalue weighted by molar-refractivity contribution is -0.115. The van der Waals surface area contributed by atoms with Crippen molar-refractivity contribution in [1.82, 2.24) is 0 Å². The summed E-state index contributed by atoms with van der Waals surface area (Å²) < 4.78 is 69.9. The van der Waals surface area contributed by atoms with Gasteiger partial charge in [-0.25, -0.2) is 0 Å². The third-order valence-corrected chi connectivity index (χ3v) is 1.46. The van der Waals surface area contributed by atoms with Crippen LogP contribution in [-0.2, 0) is 0 Å². The molecule has 0 amide bonds. The maximum absolute atomic E-state index is 11.7. The first-order chi connectivity index (χ1) is 5.60. The maximum Gasteiger partial charge on any atom is 0.427 e. The van der Waals surface area contributed by atoms with E-state index in [4.69, 9.17) is 5.11 Å². The molecule has 0 heterocycles. The van der Waals surface area contributed by atoms with E-state index in [0.717, 1.165) is 0 Å². The smallest absolute Gasteiger partial charge is 0.392 e. The van der Waals surface area contributed by atoms with Crippen LogP contribution >= 0.6 is 11.6 Å². The van der Waals surface area contributed by atoms with Gasteiger partial charge in [-0.15, -0.1) is 0 Å². The van der Waals surface area contributed by atoms with Crippen molar-refractivity contribution in [3.63, 3.8) is 0 Å². The summed E-state index contributed by atoms with van der Waals surface area (Å²) in [6.45, 7) is -1.80. The molecule has 0 unspecified atom stereocenters. The summed E-state index contributed by atoms with van der Waals surface area (Å²) in [6.07, 6.45) is -10.6. The van der Waals surface area contributed by atoms with Crippen molar-refractivity contribution >= 4 is 11.6 Å². The Bertz CT molecular complexity index is 214. The molecule has 0 rings (SSSR count). The van der Waals surface area contributed by atoms with Crippen molar-refractivity contribution in [2.45, 2.75) is 12.4 Å². The largest absolute Gasteiger partial charge is 0.427 e. The minimum Gasteiger partial charge on any atom is -0.392 e. The molecule has 1 nitrogen and oxygen atoms in total. The molecule has 0 aliphatic carbocycles. The molecular formula is C5H3ClF6O. The molecular weight excluding hydrogens is 225 g/mol. The number of aliphatic hydroxyl groups excluding tert-OH is 1. The first-order valence-electron chi connectivity index (χ1n) is 2.74. The number of alkyl halides is 6. The molecule has 0 aromatic heterocycles. The van der Waals surface area contributed by atoms with E-state index in [9.17, 15) is 26.3 Å². The topological polar surface area (TPSA) is 20.2 Å². The van der Waals surface area contributed by atoms with Crippen molar-refractivity contribution in [2.24, 2.45) is 0 Å². The van der Waals surface area contributed by atoms with Crippen LogP contribution < -0.4 is 0 Å². The van der Waals surface area contributed by atoms with E-state index < -0.39 is 29.6 Å². The van der Waals surface area contributed by atoms with Crippen LogP contribution in [0.15, 0.2) is 10.6 Å². The van der Waals surface area contributed by atoms with Crippen LogP contribution in [0.5, 0.6) is 0 Å². The van der Waals surface area contributed by atoms with E-state index in [-0.39, 0.29) is 0 Å². The molecule has 0 atom stereocenters. The Hall–Kier alpha value is -0.430. The second-order valence-corrected chi connectivity index (χ2v) is 2.32. The lowest BCUT2D eigenvalue weighted by atomic mass is 10.2. The average Bonchev–Trinajstić information content (AvgIpc) is 1.83. The molecule has 0 radical (unpaired) electrons. The Morgan fingerprint density at radius 3 is 1.46 bits per heavy atom. The van der Waals surface area contributed by atoms with Gasteiger partial charge >= 0.3 is 12.4 Å². The van der Waals surface area contributed by atoms with E-state index in [1.54, 1.807) is 0 Å². The monoisotopic (exact) mass is 228 g/mol. The lowest BCUT2D eigenvalue weighted by Gasteiger charge is -2.13. The zero-order valence-electron chi connectivity index (χ0n) is 5.80. The van der Waals surface area contributed by atoms with Gasteiger partial charge in [-0.2, -0.15) is 26.3 Å². The van der Waals surface area contributed by atoms with Crippen molar-refractivity contribution in [2.75, 3.05) is 6.61 Å². The third kappa shape index (κ3) is 3.43. The van der Waals surface area contributed by atoms with Crippen LogP contribution in [0, 0.1) is 0 Å². The molecule has 0 fully saturated rings. The van der Waals surface area contributed by atoms with E-state index >= 15 is 0 Å². The number of rotatable bonds is 1. The van der Waals surface area contributed by atoms with Crippen molar-refractivity contribution in [1.29, 1.82) is 0 Å². The first-order valence-corrected chi connectivity index (χ1v) is 3.12. The molecule has 0 saturated heterocycles. The molecule has 0 aromatic rings. The number of halogens is 7. The highest BCUT2D eigenvalue weighted by molar-refractivity contribution is 6.30. The van der Waals surface area contributed by atoms with E-state index in [0.29, 0.717) is 0 Å². The summed E-state index contributed by atoms with van der Waals surface area (Å²) in [4.78, 5) is 0. The fraction of sp³-hybridized carbons (Fsp3) is 0.600. The second-order valence-electron chi connectivity index (χ2n) is 1.95. The van der Waals surface area contributed by atoms with Crippen molar-refractivity contribution in [3.05, 3.63) is 10.6 Å². The summed E-state index contributed by atoms with van der Waals surface area (Å²) in [5, 5.41) is 5.69. The highest BCUT2D eigenvalue weighted by Gasteiger charge is 2.44. The molecule has 0 aliphatic rings. The Balaban J connectivity index is 5.16. The average molecular weight is 229 g/mol. The minimum atomic E-state index is -5.30. The van der Waals surface area contributed by atoms with Gasteiger partial charge in [-0.05, 0) is 0 Å². The zero-order valence-corrected chi connectivity index (χ0v) is 6.56. The molecule has 0 aliphatic heterocycles. The molecule has 78 valence electrons. The van der Waals surface area contributed by atoms with Gasteiger partial charge in [0, 0.05) is 0 Å². The normalized spacial score (nSPS) is 15.7. The quantitative estimate of drug-likeness (QED) is 0.684. The molecule has 0 spiro atoms. The summed E-state index contributed by atoms with van der Waals surface area (Å²) in [5.74, 6) is 0. The standard InChI is InChI=1S/C5H3ClF6O/c6-3(5(10,11)12)2(1-13)4(7,8)9/h13H,1H2. The van der Waals surface area contributed by atoms with Crippen LogP contribution in [0.1, 0.15) is 0 Å². The number of aliphatic hydroxyl groups is 1. The minimum absolute atomic E-state index is 1.80. The fourth-order valence-corrected chi connectivity index (χ4v) is 0.621. The summed E-state index contributed by atoms with van der Waals surface area (Å²) in [6, 6.07) is 0. The molecule has 0 aromatic carbocycles. The SMILES string of the molecule is OCC(=C(Cl)C(F)(F)F)C(F)(F)F. The molecule has 8 heteroatoms. The lowest BCUT2D eigenvalue weighted by Crippen LogP contribution is -2.22. The summed E-state index contributed by atoms with van der Waals surface area (Å²) in [7, 11) is 0. The summed E-state index contributed by atoms with van der Waals surface area (Å²) >= 11 is 4.38. The van der Waals surface area contributed by atoms with Gasteiger partial charge in [0.25, 0.3) is 0 Å². The molecule has 1 N–H and O–H groups in total. The van der Waals surface area contributed by atoms with Gasteiger partial charge in [0.05, 0.1) is 12.2 Å². The van der Waals surface area contributed by atoms with Crippen molar-refractivity contribution in [3.8, 4) is 0 Å². The highest BCUT2D eigenvalue weighted by Crippen LogP contribution is 2.37. The van der Waals surface area contributed by atoms with Gasteiger partial charge in [0.1, 0.15) is 5.03 Å². The van der Waals surface area contributed by atoms with Crippen LogP contribution in [-0.4, -0.2) is 24.1 Å². The number of hydrogen-bond acceptors (Lipinski definition) is 1. The summed E-state index contributed by atoms with van der Waals surface area (Å²) in [5.41, 5.74) is -2.19. The first kappa shape index (κ1) is 12.6. The number of allylic oxidation sites excluding steroid dienone is 1. The molecule has 13 heavy (non-hydrogen) atoms. The van der Waals surface area contributed by atoms with Gasteiger partial charge < -0.3 is 5.11 Å². The number of hydrogen-bond donors (Lipinski definition) is 1. The van der Waals surface area contributed by atoms with Gasteiger partial charge in [0.2, 0.25) is 0 Å². The predicted molar refractivity (Wildman–Crippen MR) is 32.1 cm³/mol. The van der Waals surface area contributed by atoms with E-state index in [1.807, 2.05) is 0 Å². The van der Waals surface area contributed by atoms with Gasteiger partial charge in [0.15, 0.2) is 0 Å². The Kier molecular flexibility index (Phi) is 3.62. The maximum atomic E-state index is 11.7. The fourth-order valence-electron chi connectivity index (χ4n) is 0.455. The van der Waals surface area contributed by atoms with Crippen LogP contribution in [0.2, 0.25) is 0 Å². The third-order valence-electron chi connectivity index (χ3n) is 1.01. The van der Waals surface area contributed by atoms with Gasteiger partial charge in [-0.1, -0.05) is 11.6 Å². The highest BCUT2D eigenvalue weighted by atomic mass is 35.5. The zero-order chi connectivity index (χ0) is 10.9. The van der Waals surface area contributed by atoms with Crippen LogP contribution in [0.4, 0.5) is 26.3 Å². The Labute approximate surface area is 73.6 Å². The van der Waals surface area contributed by atoms with Crippen LogP contribution in [0.3, 0.4) is 0 Å². The van der Waals surface area contributed by atoms with Crippen LogP contribution in [0.25, 0.3) is 0 Å². The van der Waals surface area contributed by atoms with E-state index in [2.05, 4.69) is 11.6 Å². The van der Waals surface area contributed by atoms with E-state index in [1.165, 1.54) is 0 Å². The van der Waals surface area contributed by atoms with Crippen molar-refractivity contribution < 1.29 is 31.4 Å².